The quantitative estimate of drug-likeness (QED) is 0.779. The molecule has 1 N–H and O–H groups in total. The molecule has 0 atom stereocenters. The summed E-state index contributed by atoms with van der Waals surface area (Å²) in [5.41, 5.74) is 1.33. The van der Waals surface area contributed by atoms with Crippen LogP contribution in [0.5, 0.6) is 0 Å². The first-order valence-electron chi connectivity index (χ1n) is 5.78. The van der Waals surface area contributed by atoms with Gasteiger partial charge in [-0.1, -0.05) is 26.8 Å². The Labute approximate surface area is 112 Å². The molecule has 1 nitrogen and oxygen atoms in total. The Balaban J connectivity index is 2.59. The summed E-state index contributed by atoms with van der Waals surface area (Å²) in [6.07, 6.45) is 1.22. The lowest BCUT2D eigenvalue weighted by molar-refractivity contribution is 0.588. The molecule has 0 saturated carbocycles. The third kappa shape index (κ3) is 4.89. The molecule has 0 saturated heterocycles. The standard InChI is InChI=1S/C13H20BrNS/c1-4-7-16-13-6-5-11(8-12(13)14)9-15-10(2)3/h5-6,8,10,15H,4,7,9H2,1-3H3. The average Bonchev–Trinajstić information content (AvgIpc) is 2.25. The monoisotopic (exact) mass is 301 g/mol. The van der Waals surface area contributed by atoms with Crippen molar-refractivity contribution in [1.29, 1.82) is 0 Å². The van der Waals surface area contributed by atoms with E-state index in [4.69, 9.17) is 0 Å². The summed E-state index contributed by atoms with van der Waals surface area (Å²) in [5, 5.41) is 3.42. The average molecular weight is 302 g/mol. The minimum atomic E-state index is 0.535. The van der Waals surface area contributed by atoms with Crippen LogP contribution >= 0.6 is 27.7 Å². The van der Waals surface area contributed by atoms with Gasteiger partial charge in [0.05, 0.1) is 0 Å². The van der Waals surface area contributed by atoms with E-state index in [-0.39, 0.29) is 0 Å². The van der Waals surface area contributed by atoms with Gasteiger partial charge in [-0.3, -0.25) is 0 Å². The van der Waals surface area contributed by atoms with E-state index in [1.165, 1.54) is 27.1 Å². The molecule has 0 heterocycles. The molecule has 3 heteroatoms. The molecule has 1 aromatic carbocycles. The summed E-state index contributed by atoms with van der Waals surface area (Å²) in [5.74, 6) is 1.18. The fourth-order valence-corrected chi connectivity index (χ4v) is 2.86. The van der Waals surface area contributed by atoms with E-state index in [1.54, 1.807) is 0 Å². The molecule has 90 valence electrons. The second-order valence-electron chi connectivity index (χ2n) is 4.15. The zero-order valence-corrected chi connectivity index (χ0v) is 12.6. The zero-order valence-electron chi connectivity index (χ0n) is 10.2. The van der Waals surface area contributed by atoms with Gasteiger partial charge in [0.25, 0.3) is 0 Å². The molecule has 16 heavy (non-hydrogen) atoms. The Hall–Kier alpha value is 0.01000. The van der Waals surface area contributed by atoms with Crippen molar-refractivity contribution in [1.82, 2.24) is 5.32 Å². The maximum absolute atomic E-state index is 3.64. The van der Waals surface area contributed by atoms with Crippen molar-refractivity contribution >= 4 is 27.7 Å². The highest BCUT2D eigenvalue weighted by Crippen LogP contribution is 2.28. The first-order chi connectivity index (χ1) is 7.63. The molecular weight excluding hydrogens is 282 g/mol. The lowest BCUT2D eigenvalue weighted by Crippen LogP contribution is -2.21. The fourth-order valence-electron chi connectivity index (χ4n) is 1.31. The van der Waals surface area contributed by atoms with Crippen LogP contribution in [-0.2, 0) is 6.54 Å². The van der Waals surface area contributed by atoms with Gasteiger partial charge in [0.1, 0.15) is 0 Å². The maximum Gasteiger partial charge on any atom is 0.0314 e. The zero-order chi connectivity index (χ0) is 12.0. The van der Waals surface area contributed by atoms with Crippen LogP contribution in [-0.4, -0.2) is 11.8 Å². The fraction of sp³-hybridized carbons (Fsp3) is 0.538. The molecular formula is C13H20BrNS. The third-order valence-electron chi connectivity index (χ3n) is 2.17. The van der Waals surface area contributed by atoms with Crippen molar-refractivity contribution < 1.29 is 0 Å². The maximum atomic E-state index is 3.64. The van der Waals surface area contributed by atoms with Crippen LogP contribution in [0, 0.1) is 0 Å². The number of hydrogen-bond acceptors (Lipinski definition) is 2. The predicted molar refractivity (Wildman–Crippen MR) is 77.1 cm³/mol. The topological polar surface area (TPSA) is 12.0 Å². The second-order valence-corrected chi connectivity index (χ2v) is 6.14. The Bertz CT molecular complexity index is 326. The predicted octanol–water partition coefficient (Wildman–Crippen LogP) is 4.45. The minimum Gasteiger partial charge on any atom is -0.310 e. The van der Waals surface area contributed by atoms with Gasteiger partial charge in [-0.25, -0.2) is 0 Å². The van der Waals surface area contributed by atoms with Crippen LogP contribution in [0.25, 0.3) is 0 Å². The van der Waals surface area contributed by atoms with Crippen LogP contribution in [0.15, 0.2) is 27.6 Å². The highest BCUT2D eigenvalue weighted by Gasteiger charge is 2.02. The van der Waals surface area contributed by atoms with Gasteiger partial charge in [0.2, 0.25) is 0 Å². The molecule has 1 aromatic rings. The van der Waals surface area contributed by atoms with Gasteiger partial charge in [-0.05, 0) is 45.8 Å². The SMILES string of the molecule is CCCSc1ccc(CNC(C)C)cc1Br. The first kappa shape index (κ1) is 14.1. The summed E-state index contributed by atoms with van der Waals surface area (Å²) in [7, 11) is 0. The number of rotatable bonds is 6. The van der Waals surface area contributed by atoms with Crippen LogP contribution in [0.1, 0.15) is 32.8 Å². The van der Waals surface area contributed by atoms with Crippen molar-refractivity contribution in [3.63, 3.8) is 0 Å². The van der Waals surface area contributed by atoms with Gasteiger partial charge in [-0.2, -0.15) is 0 Å². The summed E-state index contributed by atoms with van der Waals surface area (Å²) in [6.45, 7) is 7.48. The van der Waals surface area contributed by atoms with Gasteiger partial charge >= 0.3 is 0 Å². The number of nitrogens with one attached hydrogen (secondary N) is 1. The van der Waals surface area contributed by atoms with E-state index in [1.807, 2.05) is 11.8 Å². The van der Waals surface area contributed by atoms with Crippen LogP contribution < -0.4 is 5.32 Å². The lowest BCUT2D eigenvalue weighted by Gasteiger charge is -2.10. The molecule has 0 aliphatic carbocycles. The summed E-state index contributed by atoms with van der Waals surface area (Å²) in [4.78, 5) is 1.34. The van der Waals surface area contributed by atoms with Gasteiger partial charge in [0.15, 0.2) is 0 Å². The van der Waals surface area contributed by atoms with Crippen molar-refractivity contribution in [2.45, 2.75) is 44.7 Å². The summed E-state index contributed by atoms with van der Waals surface area (Å²) < 4.78 is 1.22. The number of hydrogen-bond donors (Lipinski definition) is 1. The molecule has 0 amide bonds. The number of halogens is 1. The molecule has 0 bridgehead atoms. The Morgan fingerprint density at radius 2 is 2.12 bits per heavy atom. The Morgan fingerprint density at radius 1 is 1.38 bits per heavy atom. The molecule has 1 rings (SSSR count). The number of benzene rings is 1. The normalized spacial score (nSPS) is 11.1. The smallest absolute Gasteiger partial charge is 0.0314 e. The molecule has 0 spiro atoms. The minimum absolute atomic E-state index is 0.535. The molecule has 0 aliphatic rings. The second kappa shape index (κ2) is 7.36. The third-order valence-corrected chi connectivity index (χ3v) is 4.37. The van der Waals surface area contributed by atoms with Gasteiger partial charge in [-0.15, -0.1) is 11.8 Å². The van der Waals surface area contributed by atoms with E-state index in [2.05, 4.69) is 60.2 Å². The van der Waals surface area contributed by atoms with E-state index in [9.17, 15) is 0 Å². The van der Waals surface area contributed by atoms with Gasteiger partial charge in [0, 0.05) is 22.0 Å². The highest BCUT2D eigenvalue weighted by molar-refractivity contribution is 9.10. The van der Waals surface area contributed by atoms with Crippen LogP contribution in [0.2, 0.25) is 0 Å². The number of thioether (sulfide) groups is 1. The molecule has 0 aromatic heterocycles. The Kier molecular flexibility index (Phi) is 6.47. The largest absolute Gasteiger partial charge is 0.310 e. The van der Waals surface area contributed by atoms with Crippen LogP contribution in [0.4, 0.5) is 0 Å². The van der Waals surface area contributed by atoms with E-state index < -0.39 is 0 Å². The molecule has 0 fully saturated rings. The van der Waals surface area contributed by atoms with E-state index in [0.29, 0.717) is 6.04 Å². The highest BCUT2D eigenvalue weighted by atomic mass is 79.9. The van der Waals surface area contributed by atoms with Crippen molar-refractivity contribution in [3.8, 4) is 0 Å². The summed E-state index contributed by atoms with van der Waals surface area (Å²) >= 11 is 5.55. The van der Waals surface area contributed by atoms with E-state index >= 15 is 0 Å². The Morgan fingerprint density at radius 3 is 2.69 bits per heavy atom. The van der Waals surface area contributed by atoms with Gasteiger partial charge < -0.3 is 5.32 Å². The van der Waals surface area contributed by atoms with Crippen molar-refractivity contribution in [2.24, 2.45) is 0 Å². The van der Waals surface area contributed by atoms with Crippen LogP contribution in [0.3, 0.4) is 0 Å². The van der Waals surface area contributed by atoms with Crippen molar-refractivity contribution in [3.05, 3.63) is 28.2 Å². The summed E-state index contributed by atoms with van der Waals surface area (Å²) in [6, 6.07) is 7.17. The molecule has 0 aliphatic heterocycles. The molecule has 0 radical (unpaired) electrons. The first-order valence-corrected chi connectivity index (χ1v) is 7.56. The van der Waals surface area contributed by atoms with Crippen molar-refractivity contribution in [2.75, 3.05) is 5.75 Å². The van der Waals surface area contributed by atoms with E-state index in [0.717, 1.165) is 6.54 Å². The molecule has 0 unspecified atom stereocenters. The lowest BCUT2D eigenvalue weighted by atomic mass is 10.2.